The van der Waals surface area contributed by atoms with E-state index in [1.807, 2.05) is 24.0 Å². The summed E-state index contributed by atoms with van der Waals surface area (Å²) in [7, 11) is 0. The molecule has 0 spiro atoms. The van der Waals surface area contributed by atoms with Crippen molar-refractivity contribution in [3.05, 3.63) is 30.1 Å². The van der Waals surface area contributed by atoms with Crippen molar-refractivity contribution in [3.8, 4) is 0 Å². The van der Waals surface area contributed by atoms with Crippen LogP contribution >= 0.6 is 11.8 Å². The average Bonchev–Trinajstić information content (AvgIpc) is 2.29. The molecule has 1 aromatic heterocycles. The van der Waals surface area contributed by atoms with E-state index in [2.05, 4.69) is 35.6 Å². The molecule has 15 heavy (non-hydrogen) atoms. The second-order valence-electron chi connectivity index (χ2n) is 3.58. The van der Waals surface area contributed by atoms with Crippen molar-refractivity contribution in [2.24, 2.45) is 0 Å². The number of nitrogens with zero attached hydrogens (tertiary/aromatic N) is 1. The SMILES string of the molecule is CCC(Cc1ccccn1)NCCSC. The van der Waals surface area contributed by atoms with E-state index in [0.29, 0.717) is 6.04 Å². The second-order valence-corrected chi connectivity index (χ2v) is 4.56. The monoisotopic (exact) mass is 224 g/mol. The second kappa shape index (κ2) is 7.71. The normalized spacial score (nSPS) is 12.7. The molecule has 1 unspecified atom stereocenters. The van der Waals surface area contributed by atoms with Crippen LogP contribution < -0.4 is 5.32 Å². The molecule has 84 valence electrons. The van der Waals surface area contributed by atoms with E-state index in [1.54, 1.807) is 0 Å². The van der Waals surface area contributed by atoms with E-state index in [1.165, 1.54) is 11.4 Å². The van der Waals surface area contributed by atoms with E-state index in [-0.39, 0.29) is 0 Å². The lowest BCUT2D eigenvalue weighted by molar-refractivity contribution is 0.507. The highest BCUT2D eigenvalue weighted by Crippen LogP contribution is 2.02. The lowest BCUT2D eigenvalue weighted by Gasteiger charge is -2.15. The first-order valence-electron chi connectivity index (χ1n) is 5.49. The van der Waals surface area contributed by atoms with Gasteiger partial charge < -0.3 is 5.32 Å². The molecular formula is C12H20N2S. The maximum atomic E-state index is 4.35. The lowest BCUT2D eigenvalue weighted by atomic mass is 10.1. The zero-order valence-corrected chi connectivity index (χ0v) is 10.4. The van der Waals surface area contributed by atoms with Gasteiger partial charge in [0.1, 0.15) is 0 Å². The first-order valence-corrected chi connectivity index (χ1v) is 6.88. The predicted octanol–water partition coefficient (Wildman–Crippen LogP) is 2.36. The topological polar surface area (TPSA) is 24.9 Å². The number of thioether (sulfide) groups is 1. The third-order valence-corrected chi connectivity index (χ3v) is 3.03. The summed E-state index contributed by atoms with van der Waals surface area (Å²) in [5.41, 5.74) is 1.18. The van der Waals surface area contributed by atoms with Crippen LogP contribution in [0.5, 0.6) is 0 Å². The van der Waals surface area contributed by atoms with Gasteiger partial charge in [-0.1, -0.05) is 13.0 Å². The summed E-state index contributed by atoms with van der Waals surface area (Å²) < 4.78 is 0. The van der Waals surface area contributed by atoms with Crippen LogP contribution in [-0.2, 0) is 6.42 Å². The molecule has 2 nitrogen and oxygen atoms in total. The largest absolute Gasteiger partial charge is 0.313 e. The Labute approximate surface area is 96.9 Å². The average molecular weight is 224 g/mol. The highest BCUT2D eigenvalue weighted by molar-refractivity contribution is 7.98. The van der Waals surface area contributed by atoms with Crippen molar-refractivity contribution in [2.75, 3.05) is 18.6 Å². The fourth-order valence-electron chi connectivity index (χ4n) is 1.50. The first kappa shape index (κ1) is 12.5. The quantitative estimate of drug-likeness (QED) is 0.720. The molecule has 0 amide bonds. The van der Waals surface area contributed by atoms with Crippen LogP contribution in [0.25, 0.3) is 0 Å². The Bertz CT molecular complexity index is 251. The Morgan fingerprint density at radius 1 is 1.47 bits per heavy atom. The standard InChI is InChI=1S/C12H20N2S/c1-3-11(14-8-9-15-2)10-12-6-4-5-7-13-12/h4-7,11,14H,3,8-10H2,1-2H3. The Morgan fingerprint density at radius 3 is 2.93 bits per heavy atom. The number of rotatable bonds is 7. The van der Waals surface area contributed by atoms with E-state index < -0.39 is 0 Å². The summed E-state index contributed by atoms with van der Waals surface area (Å²) in [5.74, 6) is 1.18. The molecule has 0 radical (unpaired) electrons. The van der Waals surface area contributed by atoms with Crippen LogP contribution in [0.3, 0.4) is 0 Å². The fraction of sp³-hybridized carbons (Fsp3) is 0.583. The molecule has 1 aromatic rings. The van der Waals surface area contributed by atoms with Crippen molar-refractivity contribution >= 4 is 11.8 Å². The van der Waals surface area contributed by atoms with Crippen LogP contribution in [-0.4, -0.2) is 29.6 Å². The summed E-state index contributed by atoms with van der Waals surface area (Å²) in [6.45, 7) is 3.31. The maximum absolute atomic E-state index is 4.35. The van der Waals surface area contributed by atoms with Gasteiger partial charge in [-0.15, -0.1) is 0 Å². The number of pyridine rings is 1. The molecule has 0 aromatic carbocycles. The molecule has 0 bridgehead atoms. The van der Waals surface area contributed by atoms with E-state index in [4.69, 9.17) is 0 Å². The van der Waals surface area contributed by atoms with Gasteiger partial charge in [0.25, 0.3) is 0 Å². The Morgan fingerprint density at radius 2 is 2.33 bits per heavy atom. The predicted molar refractivity (Wildman–Crippen MR) is 68.4 cm³/mol. The molecule has 3 heteroatoms. The van der Waals surface area contributed by atoms with Gasteiger partial charge in [-0.2, -0.15) is 11.8 Å². The number of hydrogen-bond donors (Lipinski definition) is 1. The molecular weight excluding hydrogens is 204 g/mol. The zero-order valence-electron chi connectivity index (χ0n) is 9.57. The van der Waals surface area contributed by atoms with Gasteiger partial charge in [0, 0.05) is 36.7 Å². The van der Waals surface area contributed by atoms with Crippen LogP contribution in [0.15, 0.2) is 24.4 Å². The number of aromatic nitrogens is 1. The van der Waals surface area contributed by atoms with Crippen molar-refractivity contribution < 1.29 is 0 Å². The highest BCUT2D eigenvalue weighted by atomic mass is 32.2. The summed E-state index contributed by atoms with van der Waals surface area (Å²) in [6, 6.07) is 6.67. The van der Waals surface area contributed by atoms with E-state index in [9.17, 15) is 0 Å². The summed E-state index contributed by atoms with van der Waals surface area (Å²) in [5, 5.41) is 3.56. The van der Waals surface area contributed by atoms with Crippen molar-refractivity contribution in [2.45, 2.75) is 25.8 Å². The minimum absolute atomic E-state index is 0.562. The van der Waals surface area contributed by atoms with Crippen molar-refractivity contribution in [1.29, 1.82) is 0 Å². The highest BCUT2D eigenvalue weighted by Gasteiger charge is 2.06. The fourth-order valence-corrected chi connectivity index (χ4v) is 1.82. The van der Waals surface area contributed by atoms with Crippen LogP contribution in [0.1, 0.15) is 19.0 Å². The smallest absolute Gasteiger partial charge is 0.0419 e. The van der Waals surface area contributed by atoms with Crippen LogP contribution in [0.2, 0.25) is 0 Å². The minimum atomic E-state index is 0.562. The van der Waals surface area contributed by atoms with Gasteiger partial charge in [-0.25, -0.2) is 0 Å². The van der Waals surface area contributed by atoms with Crippen molar-refractivity contribution in [1.82, 2.24) is 10.3 Å². The molecule has 1 heterocycles. The molecule has 0 saturated heterocycles. The molecule has 1 N–H and O–H groups in total. The molecule has 0 aliphatic carbocycles. The van der Waals surface area contributed by atoms with E-state index >= 15 is 0 Å². The Kier molecular flexibility index (Phi) is 6.44. The Balaban J connectivity index is 2.33. The molecule has 0 fully saturated rings. The van der Waals surface area contributed by atoms with Gasteiger partial charge in [0.2, 0.25) is 0 Å². The van der Waals surface area contributed by atoms with E-state index in [0.717, 1.165) is 19.4 Å². The van der Waals surface area contributed by atoms with Gasteiger partial charge in [0.15, 0.2) is 0 Å². The number of hydrogen-bond acceptors (Lipinski definition) is 3. The van der Waals surface area contributed by atoms with Gasteiger partial charge >= 0.3 is 0 Å². The third kappa shape index (κ3) is 5.19. The van der Waals surface area contributed by atoms with Crippen LogP contribution in [0, 0.1) is 0 Å². The Hall–Kier alpha value is -0.540. The number of nitrogens with one attached hydrogen (secondary N) is 1. The lowest BCUT2D eigenvalue weighted by Crippen LogP contribution is -2.32. The first-order chi connectivity index (χ1) is 7.36. The molecule has 1 atom stereocenters. The maximum Gasteiger partial charge on any atom is 0.0419 e. The third-order valence-electron chi connectivity index (χ3n) is 2.41. The van der Waals surface area contributed by atoms with Crippen molar-refractivity contribution in [3.63, 3.8) is 0 Å². The molecule has 0 aliphatic rings. The summed E-state index contributed by atoms with van der Waals surface area (Å²) >= 11 is 1.88. The molecule has 0 aliphatic heterocycles. The minimum Gasteiger partial charge on any atom is -0.313 e. The van der Waals surface area contributed by atoms with Gasteiger partial charge in [-0.3, -0.25) is 4.98 Å². The molecule has 0 saturated carbocycles. The summed E-state index contributed by atoms with van der Waals surface area (Å²) in [6.07, 6.45) is 6.20. The molecule has 1 rings (SSSR count). The van der Waals surface area contributed by atoms with Crippen LogP contribution in [0.4, 0.5) is 0 Å². The summed E-state index contributed by atoms with van der Waals surface area (Å²) in [4.78, 5) is 4.35. The van der Waals surface area contributed by atoms with Gasteiger partial charge in [-0.05, 0) is 24.8 Å². The van der Waals surface area contributed by atoms with Gasteiger partial charge in [0.05, 0.1) is 0 Å². The zero-order chi connectivity index (χ0) is 10.9.